The van der Waals surface area contributed by atoms with E-state index >= 15 is 0 Å². The Labute approximate surface area is 109 Å². The van der Waals surface area contributed by atoms with Crippen LogP contribution in [-0.2, 0) is 6.54 Å². The molecule has 2 nitrogen and oxygen atoms in total. The lowest BCUT2D eigenvalue weighted by Crippen LogP contribution is -2.43. The molecule has 3 heteroatoms. The summed E-state index contributed by atoms with van der Waals surface area (Å²) >= 11 is 2.08. The summed E-state index contributed by atoms with van der Waals surface area (Å²) in [4.78, 5) is 2.58. The molecule has 2 unspecified atom stereocenters. The third kappa shape index (κ3) is 2.96. The molecule has 1 heterocycles. The molecule has 0 spiro atoms. The quantitative estimate of drug-likeness (QED) is 0.818. The van der Waals surface area contributed by atoms with E-state index in [1.165, 1.54) is 23.4 Å². The highest BCUT2D eigenvalue weighted by Gasteiger charge is 2.24. The van der Waals surface area contributed by atoms with Gasteiger partial charge in [-0.25, -0.2) is 0 Å². The van der Waals surface area contributed by atoms with Gasteiger partial charge in [-0.1, -0.05) is 19.1 Å². The van der Waals surface area contributed by atoms with Gasteiger partial charge in [0, 0.05) is 35.8 Å². The largest absolute Gasteiger partial charge is 0.399 e. The Hall–Kier alpha value is -0.670. The fourth-order valence-electron chi connectivity index (χ4n) is 2.29. The Bertz CT molecular complexity index is 392. The molecule has 0 aliphatic carbocycles. The van der Waals surface area contributed by atoms with Crippen molar-refractivity contribution in [3.8, 4) is 0 Å². The first-order chi connectivity index (χ1) is 8.08. The summed E-state index contributed by atoms with van der Waals surface area (Å²) in [6.45, 7) is 8.99. The van der Waals surface area contributed by atoms with E-state index in [9.17, 15) is 0 Å². The molecule has 1 fully saturated rings. The van der Waals surface area contributed by atoms with Gasteiger partial charge in [-0.05, 0) is 31.0 Å². The second-order valence-electron chi connectivity index (χ2n) is 4.98. The van der Waals surface area contributed by atoms with Crippen LogP contribution in [0.1, 0.15) is 25.0 Å². The maximum atomic E-state index is 5.85. The summed E-state index contributed by atoms with van der Waals surface area (Å²) in [6.07, 6.45) is 0. The zero-order chi connectivity index (χ0) is 12.4. The second-order valence-corrected chi connectivity index (χ2v) is 6.46. The predicted molar refractivity (Wildman–Crippen MR) is 77.4 cm³/mol. The van der Waals surface area contributed by atoms with Crippen molar-refractivity contribution in [3.05, 3.63) is 29.3 Å². The van der Waals surface area contributed by atoms with E-state index in [2.05, 4.69) is 49.6 Å². The van der Waals surface area contributed by atoms with Crippen LogP contribution in [0, 0.1) is 6.92 Å². The van der Waals surface area contributed by atoms with Crippen molar-refractivity contribution in [2.45, 2.75) is 38.6 Å². The maximum absolute atomic E-state index is 5.85. The number of hydrogen-bond acceptors (Lipinski definition) is 3. The molecular weight excluding hydrogens is 228 g/mol. The first-order valence-electron chi connectivity index (χ1n) is 6.28. The van der Waals surface area contributed by atoms with Crippen molar-refractivity contribution in [2.75, 3.05) is 18.0 Å². The zero-order valence-corrected chi connectivity index (χ0v) is 11.8. The van der Waals surface area contributed by atoms with Gasteiger partial charge in [0.1, 0.15) is 0 Å². The lowest BCUT2D eigenvalue weighted by molar-refractivity contribution is 0.204. The van der Waals surface area contributed by atoms with Crippen molar-refractivity contribution in [1.29, 1.82) is 0 Å². The highest BCUT2D eigenvalue weighted by molar-refractivity contribution is 8.00. The molecule has 1 aromatic carbocycles. The predicted octanol–water partition coefficient (Wildman–Crippen LogP) is 2.90. The van der Waals surface area contributed by atoms with Gasteiger partial charge in [0.25, 0.3) is 0 Å². The number of hydrogen-bond donors (Lipinski definition) is 1. The van der Waals surface area contributed by atoms with Crippen LogP contribution in [0.15, 0.2) is 18.2 Å². The van der Waals surface area contributed by atoms with Crippen LogP contribution in [0.4, 0.5) is 5.69 Å². The van der Waals surface area contributed by atoms with Crippen molar-refractivity contribution < 1.29 is 0 Å². The molecule has 1 aromatic rings. The highest BCUT2D eigenvalue weighted by atomic mass is 32.2. The lowest BCUT2D eigenvalue weighted by atomic mass is 10.1. The molecule has 1 aliphatic rings. The van der Waals surface area contributed by atoms with Crippen molar-refractivity contribution in [3.63, 3.8) is 0 Å². The number of thioether (sulfide) groups is 1. The molecule has 2 rings (SSSR count). The summed E-state index contributed by atoms with van der Waals surface area (Å²) in [5, 5.41) is 0.735. The van der Waals surface area contributed by atoms with Gasteiger partial charge in [0.05, 0.1) is 0 Å². The van der Waals surface area contributed by atoms with Crippen LogP contribution in [0.5, 0.6) is 0 Å². The van der Waals surface area contributed by atoms with E-state index < -0.39 is 0 Å². The summed E-state index contributed by atoms with van der Waals surface area (Å²) in [5.41, 5.74) is 9.31. The Morgan fingerprint density at radius 1 is 1.41 bits per heavy atom. The number of nitrogens with two attached hydrogens (primary N) is 1. The van der Waals surface area contributed by atoms with Gasteiger partial charge >= 0.3 is 0 Å². The van der Waals surface area contributed by atoms with E-state index in [1.807, 2.05) is 6.07 Å². The van der Waals surface area contributed by atoms with Crippen molar-refractivity contribution in [1.82, 2.24) is 4.90 Å². The van der Waals surface area contributed by atoms with E-state index in [0.29, 0.717) is 6.04 Å². The molecule has 2 atom stereocenters. The molecule has 0 amide bonds. The smallest absolute Gasteiger partial charge is 0.0343 e. The molecule has 94 valence electrons. The van der Waals surface area contributed by atoms with E-state index in [0.717, 1.165) is 17.5 Å². The molecular formula is C14H22N2S. The molecule has 0 aromatic heterocycles. The first-order valence-corrected chi connectivity index (χ1v) is 7.33. The van der Waals surface area contributed by atoms with Gasteiger partial charge in [-0.15, -0.1) is 0 Å². The van der Waals surface area contributed by atoms with Crippen LogP contribution >= 0.6 is 11.8 Å². The Kier molecular flexibility index (Phi) is 4.00. The molecule has 0 saturated carbocycles. The number of nitrogen functional groups attached to an aromatic ring is 1. The third-order valence-electron chi connectivity index (χ3n) is 3.73. The summed E-state index contributed by atoms with van der Waals surface area (Å²) in [6, 6.07) is 7.06. The number of nitrogens with zero attached hydrogens (tertiary/aromatic N) is 1. The van der Waals surface area contributed by atoms with Crippen LogP contribution in [0.25, 0.3) is 0 Å². The second kappa shape index (κ2) is 5.32. The number of aryl methyl sites for hydroxylation is 1. The minimum Gasteiger partial charge on any atom is -0.399 e. The van der Waals surface area contributed by atoms with Gasteiger partial charge < -0.3 is 5.73 Å². The molecule has 1 saturated heterocycles. The molecule has 17 heavy (non-hydrogen) atoms. The van der Waals surface area contributed by atoms with Gasteiger partial charge in [-0.3, -0.25) is 4.90 Å². The molecule has 1 aliphatic heterocycles. The minimum atomic E-state index is 0.659. The summed E-state index contributed by atoms with van der Waals surface area (Å²) in [5.74, 6) is 1.25. The standard InChI is InChI=1S/C14H22N2S/c1-10-8-13(4-5-14(10)15)9-16-6-7-17-12(3)11(16)2/h4-5,8,11-12H,6-7,9,15H2,1-3H3. The van der Waals surface area contributed by atoms with Crippen LogP contribution in [0.2, 0.25) is 0 Å². The monoisotopic (exact) mass is 250 g/mol. The first kappa shape index (κ1) is 12.8. The molecule has 2 N–H and O–H groups in total. The van der Waals surface area contributed by atoms with E-state index in [1.54, 1.807) is 0 Å². The van der Waals surface area contributed by atoms with Gasteiger partial charge in [-0.2, -0.15) is 11.8 Å². The topological polar surface area (TPSA) is 29.3 Å². The van der Waals surface area contributed by atoms with Crippen molar-refractivity contribution >= 4 is 17.4 Å². The maximum Gasteiger partial charge on any atom is 0.0343 e. The number of benzene rings is 1. The Morgan fingerprint density at radius 2 is 2.18 bits per heavy atom. The van der Waals surface area contributed by atoms with Crippen LogP contribution in [-0.4, -0.2) is 28.5 Å². The van der Waals surface area contributed by atoms with E-state index in [-0.39, 0.29) is 0 Å². The molecule has 0 bridgehead atoms. The normalized spacial score (nSPS) is 26.1. The lowest BCUT2D eigenvalue weighted by Gasteiger charge is -2.37. The van der Waals surface area contributed by atoms with Crippen molar-refractivity contribution in [2.24, 2.45) is 0 Å². The fourth-order valence-corrected chi connectivity index (χ4v) is 3.45. The van der Waals surface area contributed by atoms with Crippen LogP contribution in [0.3, 0.4) is 0 Å². The van der Waals surface area contributed by atoms with Gasteiger partial charge in [0.15, 0.2) is 0 Å². The number of anilines is 1. The number of rotatable bonds is 2. The average Bonchev–Trinajstić information content (AvgIpc) is 2.30. The Balaban J connectivity index is 2.07. The fraction of sp³-hybridized carbons (Fsp3) is 0.571. The zero-order valence-electron chi connectivity index (χ0n) is 10.9. The summed E-state index contributed by atoms with van der Waals surface area (Å²) in [7, 11) is 0. The van der Waals surface area contributed by atoms with Gasteiger partial charge in [0.2, 0.25) is 0 Å². The average molecular weight is 250 g/mol. The Morgan fingerprint density at radius 3 is 2.88 bits per heavy atom. The molecule has 0 radical (unpaired) electrons. The highest BCUT2D eigenvalue weighted by Crippen LogP contribution is 2.26. The van der Waals surface area contributed by atoms with E-state index in [4.69, 9.17) is 5.73 Å². The van der Waals surface area contributed by atoms with Crippen LogP contribution < -0.4 is 5.73 Å². The summed E-state index contributed by atoms with van der Waals surface area (Å²) < 4.78 is 0. The third-order valence-corrected chi connectivity index (χ3v) is 5.07. The SMILES string of the molecule is Cc1cc(CN2CCSC(C)C2C)ccc1N. The minimum absolute atomic E-state index is 0.659.